The van der Waals surface area contributed by atoms with Crippen LogP contribution in [0.5, 0.6) is 0 Å². The summed E-state index contributed by atoms with van der Waals surface area (Å²) in [5.74, 6) is 1.28. The van der Waals surface area contributed by atoms with Gasteiger partial charge in [0.1, 0.15) is 5.82 Å². The molecule has 1 aromatic rings. The molecule has 0 spiro atoms. The molecule has 3 aliphatic rings. The second kappa shape index (κ2) is 6.28. The molecule has 0 bridgehead atoms. The summed E-state index contributed by atoms with van der Waals surface area (Å²) in [6.07, 6.45) is 3.53. The number of ether oxygens (including phenoxy) is 1. The Morgan fingerprint density at radius 3 is 2.72 bits per heavy atom. The van der Waals surface area contributed by atoms with Gasteiger partial charge >= 0.3 is 6.03 Å². The Kier molecular flexibility index (Phi) is 4.23. The van der Waals surface area contributed by atoms with Crippen molar-refractivity contribution in [3.8, 4) is 0 Å². The SMILES string of the molecule is C[C@H]1OCC[C@H]1NC(=O)Nc1cc(C2CC2)nn1C1CCS(=O)(=O)C1. The first-order chi connectivity index (χ1) is 11.9. The number of hydrogen-bond donors (Lipinski definition) is 2. The van der Waals surface area contributed by atoms with Crippen molar-refractivity contribution in [2.75, 3.05) is 23.4 Å². The number of aromatic nitrogens is 2. The molecule has 1 aromatic heterocycles. The lowest BCUT2D eigenvalue weighted by atomic mass is 10.2. The van der Waals surface area contributed by atoms with Crippen LogP contribution in [0.3, 0.4) is 0 Å². The number of carbonyl (C=O) groups excluding carboxylic acids is 1. The topological polar surface area (TPSA) is 102 Å². The maximum Gasteiger partial charge on any atom is 0.320 e. The highest BCUT2D eigenvalue weighted by atomic mass is 32.2. The molecule has 1 saturated carbocycles. The minimum absolute atomic E-state index is 0.00217. The Morgan fingerprint density at radius 2 is 2.12 bits per heavy atom. The fraction of sp³-hybridized carbons (Fsp3) is 0.750. The molecule has 4 rings (SSSR count). The Hall–Kier alpha value is -1.61. The molecule has 0 aromatic carbocycles. The van der Waals surface area contributed by atoms with Crippen molar-refractivity contribution >= 4 is 21.7 Å². The van der Waals surface area contributed by atoms with E-state index in [2.05, 4.69) is 15.7 Å². The molecule has 25 heavy (non-hydrogen) atoms. The van der Waals surface area contributed by atoms with Gasteiger partial charge in [0.25, 0.3) is 0 Å². The smallest absolute Gasteiger partial charge is 0.320 e. The number of carbonyl (C=O) groups is 1. The molecule has 1 unspecified atom stereocenters. The summed E-state index contributed by atoms with van der Waals surface area (Å²) in [6, 6.07) is 1.37. The van der Waals surface area contributed by atoms with E-state index in [0.717, 1.165) is 25.0 Å². The third kappa shape index (κ3) is 3.67. The molecule has 9 heteroatoms. The quantitative estimate of drug-likeness (QED) is 0.837. The monoisotopic (exact) mass is 368 g/mol. The van der Waals surface area contributed by atoms with Gasteiger partial charge in [-0.25, -0.2) is 17.9 Å². The van der Waals surface area contributed by atoms with E-state index in [1.54, 1.807) is 4.68 Å². The predicted molar refractivity (Wildman–Crippen MR) is 92.5 cm³/mol. The molecule has 2 amide bonds. The lowest BCUT2D eigenvalue weighted by molar-refractivity contribution is 0.114. The van der Waals surface area contributed by atoms with E-state index < -0.39 is 9.84 Å². The zero-order chi connectivity index (χ0) is 17.6. The number of hydrogen-bond acceptors (Lipinski definition) is 5. The molecule has 2 saturated heterocycles. The molecule has 2 N–H and O–H groups in total. The first-order valence-electron chi connectivity index (χ1n) is 8.90. The number of amides is 2. The first kappa shape index (κ1) is 16.8. The van der Waals surface area contributed by atoms with E-state index in [4.69, 9.17) is 4.74 Å². The lowest BCUT2D eigenvalue weighted by Crippen LogP contribution is -2.42. The highest BCUT2D eigenvalue weighted by Gasteiger charge is 2.34. The maximum atomic E-state index is 12.4. The Bertz CT molecular complexity index is 771. The van der Waals surface area contributed by atoms with Crippen LogP contribution in [0.25, 0.3) is 0 Å². The molecular formula is C16H24N4O4S. The molecule has 138 valence electrons. The molecule has 1 aliphatic carbocycles. The van der Waals surface area contributed by atoms with Gasteiger partial charge in [-0.05, 0) is 32.6 Å². The second-order valence-electron chi connectivity index (χ2n) is 7.30. The summed E-state index contributed by atoms with van der Waals surface area (Å²) in [5, 5.41) is 10.4. The number of sulfone groups is 1. The van der Waals surface area contributed by atoms with Crippen molar-refractivity contribution in [1.29, 1.82) is 0 Å². The van der Waals surface area contributed by atoms with Crippen LogP contribution >= 0.6 is 0 Å². The number of urea groups is 1. The highest BCUT2D eigenvalue weighted by Crippen LogP contribution is 2.41. The zero-order valence-corrected chi connectivity index (χ0v) is 15.1. The van der Waals surface area contributed by atoms with E-state index in [-0.39, 0.29) is 35.7 Å². The van der Waals surface area contributed by atoms with Crippen molar-refractivity contribution in [2.45, 2.75) is 56.7 Å². The van der Waals surface area contributed by atoms with Crippen molar-refractivity contribution in [1.82, 2.24) is 15.1 Å². The predicted octanol–water partition coefficient (Wildman–Crippen LogP) is 1.42. The normalized spacial score (nSPS) is 31.2. The zero-order valence-electron chi connectivity index (χ0n) is 14.3. The van der Waals surface area contributed by atoms with Crippen LogP contribution in [0.15, 0.2) is 6.07 Å². The van der Waals surface area contributed by atoms with Gasteiger partial charge in [0.05, 0.1) is 35.4 Å². The summed E-state index contributed by atoms with van der Waals surface area (Å²) in [5.41, 5.74) is 0.942. The highest BCUT2D eigenvalue weighted by molar-refractivity contribution is 7.91. The van der Waals surface area contributed by atoms with Crippen LogP contribution in [0.4, 0.5) is 10.6 Å². The van der Waals surface area contributed by atoms with Crippen LogP contribution in [0.1, 0.15) is 50.3 Å². The Morgan fingerprint density at radius 1 is 1.32 bits per heavy atom. The number of anilines is 1. The minimum atomic E-state index is -3.02. The first-order valence-corrected chi connectivity index (χ1v) is 10.7. The van der Waals surface area contributed by atoms with Crippen LogP contribution in [0, 0.1) is 0 Å². The standard InChI is InChI=1S/C16H24N4O4S/c1-10-13(4-6-24-10)17-16(21)18-15-8-14(11-2-3-11)19-20(15)12-5-7-25(22,23)9-12/h8,10-13H,2-7,9H2,1H3,(H2,17,18,21)/t10-,12?,13-/m1/s1. The molecule has 0 radical (unpaired) electrons. The average molecular weight is 368 g/mol. The van der Waals surface area contributed by atoms with Crippen LogP contribution in [-0.4, -0.2) is 54.5 Å². The molecule has 2 aliphatic heterocycles. The fourth-order valence-electron chi connectivity index (χ4n) is 3.57. The fourth-order valence-corrected chi connectivity index (χ4v) is 5.27. The van der Waals surface area contributed by atoms with Gasteiger partial charge < -0.3 is 10.1 Å². The molecular weight excluding hydrogens is 344 g/mol. The Balaban J connectivity index is 1.50. The largest absolute Gasteiger partial charge is 0.376 e. The van der Waals surface area contributed by atoms with E-state index in [1.165, 1.54) is 0 Å². The van der Waals surface area contributed by atoms with E-state index in [0.29, 0.717) is 24.8 Å². The van der Waals surface area contributed by atoms with Crippen LogP contribution < -0.4 is 10.6 Å². The van der Waals surface area contributed by atoms with Gasteiger partial charge in [-0.1, -0.05) is 0 Å². The second-order valence-corrected chi connectivity index (χ2v) is 9.53. The minimum Gasteiger partial charge on any atom is -0.376 e. The van der Waals surface area contributed by atoms with Crippen LogP contribution in [-0.2, 0) is 14.6 Å². The number of nitrogens with one attached hydrogen (secondary N) is 2. The number of rotatable bonds is 4. The summed E-state index contributed by atoms with van der Waals surface area (Å²) >= 11 is 0. The third-order valence-electron chi connectivity index (χ3n) is 5.24. The summed E-state index contributed by atoms with van der Waals surface area (Å²) in [7, 11) is -3.02. The average Bonchev–Trinajstić information content (AvgIpc) is 3.05. The van der Waals surface area contributed by atoms with Crippen molar-refractivity contribution in [2.24, 2.45) is 0 Å². The third-order valence-corrected chi connectivity index (χ3v) is 6.99. The van der Waals surface area contributed by atoms with Gasteiger partial charge in [-0.2, -0.15) is 5.10 Å². The van der Waals surface area contributed by atoms with E-state index in [1.807, 2.05) is 13.0 Å². The number of nitrogens with zero attached hydrogens (tertiary/aromatic N) is 2. The van der Waals surface area contributed by atoms with Crippen molar-refractivity contribution in [3.63, 3.8) is 0 Å². The maximum absolute atomic E-state index is 12.4. The summed E-state index contributed by atoms with van der Waals surface area (Å²) in [4.78, 5) is 12.4. The summed E-state index contributed by atoms with van der Waals surface area (Å²) in [6.45, 7) is 2.59. The summed E-state index contributed by atoms with van der Waals surface area (Å²) < 4.78 is 30.8. The van der Waals surface area contributed by atoms with Gasteiger partial charge in [0.15, 0.2) is 9.84 Å². The molecule has 3 atom stereocenters. The van der Waals surface area contributed by atoms with E-state index >= 15 is 0 Å². The van der Waals surface area contributed by atoms with Gasteiger partial charge in [0.2, 0.25) is 0 Å². The van der Waals surface area contributed by atoms with Crippen molar-refractivity contribution in [3.05, 3.63) is 11.8 Å². The van der Waals surface area contributed by atoms with E-state index in [9.17, 15) is 13.2 Å². The molecule has 3 heterocycles. The Labute approximate surface area is 147 Å². The van der Waals surface area contributed by atoms with Crippen molar-refractivity contribution < 1.29 is 17.9 Å². The molecule has 3 fully saturated rings. The van der Waals surface area contributed by atoms with Gasteiger partial charge in [-0.3, -0.25) is 5.32 Å². The van der Waals surface area contributed by atoms with Gasteiger partial charge in [0, 0.05) is 18.6 Å². The van der Waals surface area contributed by atoms with Crippen LogP contribution in [0.2, 0.25) is 0 Å². The lowest BCUT2D eigenvalue weighted by Gasteiger charge is -2.18. The van der Waals surface area contributed by atoms with Gasteiger partial charge in [-0.15, -0.1) is 0 Å². The molecule has 8 nitrogen and oxygen atoms in total.